The van der Waals surface area contributed by atoms with Gasteiger partial charge in [-0.2, -0.15) is 0 Å². The van der Waals surface area contributed by atoms with Crippen LogP contribution in [0.2, 0.25) is 0 Å². The average Bonchev–Trinajstić information content (AvgIpc) is 3.02. The van der Waals surface area contributed by atoms with Crippen molar-refractivity contribution in [2.45, 2.75) is 63.6 Å². The Morgan fingerprint density at radius 1 is 1.27 bits per heavy atom. The van der Waals surface area contributed by atoms with Crippen LogP contribution in [-0.2, 0) is 30.7 Å². The second-order valence-electron chi connectivity index (χ2n) is 7.52. The van der Waals surface area contributed by atoms with Crippen molar-refractivity contribution in [1.29, 1.82) is 0 Å². The summed E-state index contributed by atoms with van der Waals surface area (Å²) < 4.78 is 10.8. The van der Waals surface area contributed by atoms with E-state index in [1.165, 1.54) is 18.4 Å². The van der Waals surface area contributed by atoms with E-state index in [1.54, 1.807) is 7.11 Å². The molecule has 4 rings (SSSR count). The summed E-state index contributed by atoms with van der Waals surface area (Å²) in [5.74, 6) is 3.10. The molecule has 2 aliphatic carbocycles. The fourth-order valence-electron chi connectivity index (χ4n) is 3.88. The van der Waals surface area contributed by atoms with Gasteiger partial charge in [-0.3, -0.25) is 0 Å². The van der Waals surface area contributed by atoms with Crippen LogP contribution in [0.1, 0.15) is 60.1 Å². The average molecular weight is 357 g/mol. The number of nitrogens with two attached hydrogens (primary N) is 1. The Bertz CT molecular complexity index is 769. The molecule has 7 heteroatoms. The van der Waals surface area contributed by atoms with Crippen LogP contribution >= 0.6 is 0 Å². The third kappa shape index (κ3) is 3.46. The number of aromatic nitrogens is 3. The van der Waals surface area contributed by atoms with Crippen molar-refractivity contribution in [2.75, 3.05) is 19.1 Å². The molecule has 0 aromatic carbocycles. The molecule has 2 aromatic heterocycles. The van der Waals surface area contributed by atoms with Gasteiger partial charge in [0.05, 0.1) is 6.54 Å². The van der Waals surface area contributed by atoms with Crippen LogP contribution in [0.15, 0.2) is 10.6 Å². The minimum Gasteiger partial charge on any atom is -0.377 e. The topological polar surface area (TPSA) is 90.3 Å². The van der Waals surface area contributed by atoms with Crippen LogP contribution in [0.4, 0.5) is 5.82 Å². The van der Waals surface area contributed by atoms with Crippen molar-refractivity contribution in [2.24, 2.45) is 5.73 Å². The Kier molecular flexibility index (Phi) is 4.91. The van der Waals surface area contributed by atoms with Gasteiger partial charge in [-0.1, -0.05) is 5.16 Å². The van der Waals surface area contributed by atoms with Crippen molar-refractivity contribution in [3.05, 3.63) is 34.6 Å². The highest BCUT2D eigenvalue weighted by molar-refractivity contribution is 5.42. The zero-order valence-electron chi connectivity index (χ0n) is 15.6. The first kappa shape index (κ1) is 17.4. The maximum absolute atomic E-state index is 5.96. The lowest BCUT2D eigenvalue weighted by atomic mass is 9.78. The smallest absolute Gasteiger partial charge is 0.156 e. The van der Waals surface area contributed by atoms with Gasteiger partial charge >= 0.3 is 0 Å². The molecule has 0 unspecified atom stereocenters. The SMILES string of the molecule is COCc1nc(C2CC(N)C2)cc(N(C)Cc2noc3c2CCCC3)n1. The second kappa shape index (κ2) is 7.32. The highest BCUT2D eigenvalue weighted by atomic mass is 16.5. The Hall–Kier alpha value is -1.99. The summed E-state index contributed by atoms with van der Waals surface area (Å²) in [7, 11) is 3.71. The zero-order valence-corrected chi connectivity index (χ0v) is 15.6. The lowest BCUT2D eigenvalue weighted by molar-refractivity contribution is 0.177. The van der Waals surface area contributed by atoms with E-state index in [0.29, 0.717) is 25.1 Å². The number of anilines is 1. The molecule has 140 valence electrons. The van der Waals surface area contributed by atoms with E-state index in [2.05, 4.69) is 26.1 Å². The van der Waals surface area contributed by atoms with E-state index < -0.39 is 0 Å². The number of hydrogen-bond acceptors (Lipinski definition) is 7. The second-order valence-corrected chi connectivity index (χ2v) is 7.52. The Balaban J connectivity index is 1.56. The van der Waals surface area contributed by atoms with Crippen molar-refractivity contribution in [3.63, 3.8) is 0 Å². The van der Waals surface area contributed by atoms with E-state index in [4.69, 9.17) is 15.0 Å². The molecule has 2 aliphatic rings. The Morgan fingerprint density at radius 2 is 2.08 bits per heavy atom. The first-order valence-electron chi connectivity index (χ1n) is 9.44. The molecule has 26 heavy (non-hydrogen) atoms. The maximum atomic E-state index is 5.96. The molecule has 2 heterocycles. The summed E-state index contributed by atoms with van der Waals surface area (Å²) in [4.78, 5) is 11.5. The highest BCUT2D eigenvalue weighted by Crippen LogP contribution is 2.36. The van der Waals surface area contributed by atoms with Gasteiger partial charge in [-0.25, -0.2) is 9.97 Å². The van der Waals surface area contributed by atoms with E-state index in [-0.39, 0.29) is 0 Å². The first-order chi connectivity index (χ1) is 12.6. The lowest BCUT2D eigenvalue weighted by Gasteiger charge is -2.32. The molecule has 0 spiro atoms. The number of rotatable bonds is 6. The molecule has 0 aliphatic heterocycles. The molecule has 1 saturated carbocycles. The third-order valence-electron chi connectivity index (χ3n) is 5.45. The van der Waals surface area contributed by atoms with Gasteiger partial charge in [-0.15, -0.1) is 0 Å². The molecule has 7 nitrogen and oxygen atoms in total. The van der Waals surface area contributed by atoms with Crippen molar-refractivity contribution in [3.8, 4) is 0 Å². The molecule has 0 amide bonds. The van der Waals surface area contributed by atoms with Crippen LogP contribution in [0.25, 0.3) is 0 Å². The highest BCUT2D eigenvalue weighted by Gasteiger charge is 2.29. The summed E-state index contributed by atoms with van der Waals surface area (Å²) in [5.41, 5.74) is 9.35. The molecule has 1 fully saturated rings. The third-order valence-corrected chi connectivity index (χ3v) is 5.45. The van der Waals surface area contributed by atoms with Crippen LogP contribution in [-0.4, -0.2) is 35.3 Å². The number of nitrogens with zero attached hydrogens (tertiary/aromatic N) is 4. The van der Waals surface area contributed by atoms with Gasteiger partial charge in [-0.05, 0) is 32.1 Å². The number of fused-ring (bicyclic) bond motifs is 1. The van der Waals surface area contributed by atoms with Crippen molar-refractivity contribution >= 4 is 5.82 Å². The van der Waals surface area contributed by atoms with E-state index >= 15 is 0 Å². The van der Waals surface area contributed by atoms with E-state index in [9.17, 15) is 0 Å². The summed E-state index contributed by atoms with van der Waals surface area (Å²) in [6, 6.07) is 2.38. The summed E-state index contributed by atoms with van der Waals surface area (Å²) >= 11 is 0. The normalized spacial score (nSPS) is 22.0. The van der Waals surface area contributed by atoms with Gasteiger partial charge in [0.25, 0.3) is 0 Å². The van der Waals surface area contributed by atoms with Gasteiger partial charge in [0.2, 0.25) is 0 Å². The van der Waals surface area contributed by atoms with E-state index in [0.717, 1.165) is 54.5 Å². The fourth-order valence-corrected chi connectivity index (χ4v) is 3.88. The number of aryl methyl sites for hydroxylation is 1. The first-order valence-corrected chi connectivity index (χ1v) is 9.44. The molecule has 0 saturated heterocycles. The fraction of sp³-hybridized carbons (Fsp3) is 0.632. The van der Waals surface area contributed by atoms with Crippen molar-refractivity contribution < 1.29 is 9.26 Å². The molecular formula is C19H27N5O2. The number of methoxy groups -OCH3 is 1. The van der Waals surface area contributed by atoms with Crippen molar-refractivity contribution in [1.82, 2.24) is 15.1 Å². The summed E-state index contributed by atoms with van der Waals surface area (Å²) in [6.45, 7) is 1.10. The minimum atomic E-state index is 0.295. The number of hydrogen-bond donors (Lipinski definition) is 1. The van der Waals surface area contributed by atoms with Gasteiger partial charge < -0.3 is 19.9 Å². The molecule has 0 bridgehead atoms. The lowest BCUT2D eigenvalue weighted by Crippen LogP contribution is -2.35. The quantitative estimate of drug-likeness (QED) is 0.848. The van der Waals surface area contributed by atoms with E-state index in [1.807, 2.05) is 7.05 Å². The van der Waals surface area contributed by atoms with Gasteiger partial charge in [0.15, 0.2) is 5.82 Å². The van der Waals surface area contributed by atoms with Gasteiger partial charge in [0.1, 0.15) is 23.9 Å². The standard InChI is InChI=1S/C19H27N5O2/c1-24(10-16-14-5-3-4-6-17(14)26-23-16)19-9-15(12-7-13(20)8-12)21-18(22-19)11-25-2/h9,12-13H,3-8,10-11,20H2,1-2H3. The minimum absolute atomic E-state index is 0.295. The molecule has 0 atom stereocenters. The molecule has 2 N–H and O–H groups in total. The van der Waals surface area contributed by atoms with Crippen LogP contribution in [0, 0.1) is 0 Å². The Labute approximate surface area is 153 Å². The number of ether oxygens (including phenoxy) is 1. The summed E-state index contributed by atoms with van der Waals surface area (Å²) in [5, 5.41) is 4.32. The molecular weight excluding hydrogens is 330 g/mol. The van der Waals surface area contributed by atoms with Crippen LogP contribution in [0.5, 0.6) is 0 Å². The van der Waals surface area contributed by atoms with Crippen LogP contribution < -0.4 is 10.6 Å². The molecule has 2 aromatic rings. The maximum Gasteiger partial charge on any atom is 0.156 e. The zero-order chi connectivity index (χ0) is 18.1. The largest absolute Gasteiger partial charge is 0.377 e. The van der Waals surface area contributed by atoms with Crippen LogP contribution in [0.3, 0.4) is 0 Å². The predicted octanol–water partition coefficient (Wildman–Crippen LogP) is 2.33. The monoisotopic (exact) mass is 357 g/mol. The Morgan fingerprint density at radius 3 is 2.85 bits per heavy atom. The van der Waals surface area contributed by atoms with Gasteiger partial charge in [0, 0.05) is 49.9 Å². The molecule has 0 radical (unpaired) electrons. The predicted molar refractivity (Wildman–Crippen MR) is 97.9 cm³/mol. The summed E-state index contributed by atoms with van der Waals surface area (Å²) in [6.07, 6.45) is 6.45.